The molecule has 0 bridgehead atoms. The Balaban J connectivity index is 1.79. The van der Waals surface area contributed by atoms with Gasteiger partial charge in [0.05, 0.1) is 11.1 Å². The number of hydrogen-bond donors (Lipinski definition) is 2. The van der Waals surface area contributed by atoms with E-state index < -0.39 is 23.4 Å². The number of carbonyl (C=O) groups excluding carboxylic acids is 2. The summed E-state index contributed by atoms with van der Waals surface area (Å²) in [5.74, 6) is -3.07. The maximum atomic E-state index is 13.3. The Morgan fingerprint density at radius 3 is 2.28 bits per heavy atom. The zero-order chi connectivity index (χ0) is 21.0. The molecule has 1 heterocycles. The lowest BCUT2D eigenvalue weighted by Gasteiger charge is -2.13. The Bertz CT molecular complexity index is 1080. The van der Waals surface area contributed by atoms with Gasteiger partial charge in [-0.2, -0.15) is 0 Å². The van der Waals surface area contributed by atoms with Crippen LogP contribution in [0.3, 0.4) is 0 Å². The van der Waals surface area contributed by atoms with Crippen molar-refractivity contribution in [3.8, 4) is 0 Å². The fraction of sp³-hybridized carbons (Fsp3) is 0.136. The highest BCUT2D eigenvalue weighted by Gasteiger charge is 2.14. The molecule has 2 amide bonds. The van der Waals surface area contributed by atoms with Crippen LogP contribution >= 0.6 is 0 Å². The predicted octanol–water partition coefficient (Wildman–Crippen LogP) is 4.74. The number of nitrogens with one attached hydrogen (secondary N) is 2. The second kappa shape index (κ2) is 8.60. The lowest BCUT2D eigenvalue weighted by atomic mass is 10.1. The number of benzene rings is 2. The molecule has 0 unspecified atom stereocenters. The fourth-order valence-electron chi connectivity index (χ4n) is 2.85. The number of aromatic nitrogens is 1. The molecule has 148 valence electrons. The molecule has 0 spiro atoms. The van der Waals surface area contributed by atoms with Gasteiger partial charge in [-0.3, -0.25) is 14.6 Å². The number of halogens is 2. The molecule has 0 saturated heterocycles. The predicted molar refractivity (Wildman–Crippen MR) is 107 cm³/mol. The molecule has 3 rings (SSSR count). The summed E-state index contributed by atoms with van der Waals surface area (Å²) in [5, 5.41) is 5.33. The van der Waals surface area contributed by atoms with Crippen LogP contribution in [0, 0.1) is 18.6 Å². The highest BCUT2D eigenvalue weighted by molar-refractivity contribution is 6.08. The topological polar surface area (TPSA) is 71.1 Å². The molecule has 0 aliphatic rings. The number of amides is 2. The second-order valence-corrected chi connectivity index (χ2v) is 6.46. The highest BCUT2D eigenvalue weighted by Crippen LogP contribution is 2.22. The third-order valence-electron chi connectivity index (χ3n) is 4.42. The molecule has 29 heavy (non-hydrogen) atoms. The van der Waals surface area contributed by atoms with E-state index in [4.69, 9.17) is 0 Å². The average Bonchev–Trinajstić information content (AvgIpc) is 2.72. The molecule has 2 aromatic carbocycles. The van der Waals surface area contributed by atoms with Crippen molar-refractivity contribution < 1.29 is 18.4 Å². The van der Waals surface area contributed by atoms with E-state index in [1.165, 1.54) is 24.5 Å². The number of anilines is 2. The van der Waals surface area contributed by atoms with Gasteiger partial charge >= 0.3 is 0 Å². The summed E-state index contributed by atoms with van der Waals surface area (Å²) < 4.78 is 26.3. The summed E-state index contributed by atoms with van der Waals surface area (Å²) in [5.41, 5.74) is 3.07. The van der Waals surface area contributed by atoms with Crippen molar-refractivity contribution in [2.24, 2.45) is 0 Å². The van der Waals surface area contributed by atoms with E-state index in [1.54, 1.807) is 0 Å². The molecule has 3 aromatic rings. The standard InChI is InChI=1S/C22H19F2N3O2/c1-3-14-6-4-5-13(2)20(14)27-22(29)16-9-15(11-25-12-16)21(28)26-17-7-8-18(23)19(24)10-17/h4-12H,3H2,1-2H3,(H,26,28)(H,27,29). The van der Waals surface area contributed by atoms with Gasteiger partial charge < -0.3 is 10.6 Å². The molecule has 1 aromatic heterocycles. The zero-order valence-electron chi connectivity index (χ0n) is 15.9. The Labute approximate surface area is 166 Å². The van der Waals surface area contributed by atoms with Gasteiger partial charge in [0.15, 0.2) is 11.6 Å². The first-order chi connectivity index (χ1) is 13.9. The maximum Gasteiger partial charge on any atom is 0.257 e. The quantitative estimate of drug-likeness (QED) is 0.656. The molecule has 0 fully saturated rings. The Hall–Kier alpha value is -3.61. The number of nitrogens with zero attached hydrogens (tertiary/aromatic N) is 1. The van der Waals surface area contributed by atoms with Crippen molar-refractivity contribution in [3.05, 3.63) is 88.7 Å². The molecule has 2 N–H and O–H groups in total. The Kier molecular flexibility index (Phi) is 5.97. The van der Waals surface area contributed by atoms with Crippen LogP contribution in [-0.2, 0) is 6.42 Å². The van der Waals surface area contributed by atoms with Gasteiger partial charge in [0, 0.05) is 29.8 Å². The minimum atomic E-state index is -1.07. The lowest BCUT2D eigenvalue weighted by Crippen LogP contribution is -2.17. The first kappa shape index (κ1) is 20.1. The largest absolute Gasteiger partial charge is 0.322 e. The van der Waals surface area contributed by atoms with Gasteiger partial charge in [-0.1, -0.05) is 25.1 Å². The maximum absolute atomic E-state index is 13.3. The van der Waals surface area contributed by atoms with Crippen molar-refractivity contribution in [1.29, 1.82) is 0 Å². The van der Waals surface area contributed by atoms with Gasteiger partial charge in [-0.05, 0) is 42.7 Å². The lowest BCUT2D eigenvalue weighted by molar-refractivity contribution is 0.102. The number of hydrogen-bond acceptors (Lipinski definition) is 3. The first-order valence-corrected chi connectivity index (χ1v) is 9.00. The Morgan fingerprint density at radius 2 is 1.62 bits per heavy atom. The molecule has 0 aliphatic heterocycles. The monoisotopic (exact) mass is 395 g/mol. The van der Waals surface area contributed by atoms with Crippen LogP contribution in [0.5, 0.6) is 0 Å². The molecule has 0 atom stereocenters. The van der Waals surface area contributed by atoms with Crippen LogP contribution in [0.1, 0.15) is 38.8 Å². The molecule has 0 radical (unpaired) electrons. The van der Waals surface area contributed by atoms with Gasteiger partial charge in [0.2, 0.25) is 0 Å². The number of carbonyl (C=O) groups is 2. The van der Waals surface area contributed by atoms with Gasteiger partial charge in [-0.25, -0.2) is 8.78 Å². The van der Waals surface area contributed by atoms with Crippen LogP contribution in [0.4, 0.5) is 20.2 Å². The van der Waals surface area contributed by atoms with Crippen molar-refractivity contribution in [3.63, 3.8) is 0 Å². The third-order valence-corrected chi connectivity index (χ3v) is 4.42. The molecule has 0 aliphatic carbocycles. The summed E-state index contributed by atoms with van der Waals surface area (Å²) in [7, 11) is 0. The smallest absolute Gasteiger partial charge is 0.257 e. The molecule has 5 nitrogen and oxygen atoms in total. The summed E-state index contributed by atoms with van der Waals surface area (Å²) in [6.07, 6.45) is 3.40. The Morgan fingerprint density at radius 1 is 0.931 bits per heavy atom. The highest BCUT2D eigenvalue weighted by atomic mass is 19.2. The van der Waals surface area contributed by atoms with E-state index in [0.29, 0.717) is 0 Å². The minimum absolute atomic E-state index is 0.0938. The van der Waals surface area contributed by atoms with E-state index in [2.05, 4.69) is 15.6 Å². The van der Waals surface area contributed by atoms with E-state index in [9.17, 15) is 18.4 Å². The van der Waals surface area contributed by atoms with Crippen molar-refractivity contribution in [2.75, 3.05) is 10.6 Å². The molecule has 0 saturated carbocycles. The van der Waals surface area contributed by atoms with Crippen LogP contribution < -0.4 is 10.6 Å². The van der Waals surface area contributed by atoms with E-state index in [-0.39, 0.29) is 16.8 Å². The minimum Gasteiger partial charge on any atom is -0.322 e. The van der Waals surface area contributed by atoms with E-state index >= 15 is 0 Å². The van der Waals surface area contributed by atoms with Crippen LogP contribution in [0.25, 0.3) is 0 Å². The van der Waals surface area contributed by atoms with Gasteiger partial charge in [0.1, 0.15) is 0 Å². The second-order valence-electron chi connectivity index (χ2n) is 6.46. The van der Waals surface area contributed by atoms with Crippen LogP contribution in [-0.4, -0.2) is 16.8 Å². The number of aryl methyl sites for hydroxylation is 2. The number of pyridine rings is 1. The summed E-state index contributed by atoms with van der Waals surface area (Å²) in [6.45, 7) is 3.90. The fourth-order valence-corrected chi connectivity index (χ4v) is 2.85. The molecular formula is C22H19F2N3O2. The zero-order valence-corrected chi connectivity index (χ0v) is 15.9. The normalized spacial score (nSPS) is 10.5. The van der Waals surface area contributed by atoms with Crippen LogP contribution in [0.2, 0.25) is 0 Å². The third kappa shape index (κ3) is 4.63. The SMILES string of the molecule is CCc1cccc(C)c1NC(=O)c1cncc(C(=O)Nc2ccc(F)c(F)c2)c1. The van der Waals surface area contributed by atoms with Gasteiger partial charge in [-0.15, -0.1) is 0 Å². The average molecular weight is 395 g/mol. The molecular weight excluding hydrogens is 376 g/mol. The number of para-hydroxylation sites is 1. The van der Waals surface area contributed by atoms with E-state index in [0.717, 1.165) is 35.4 Å². The summed E-state index contributed by atoms with van der Waals surface area (Å²) in [6, 6.07) is 10.2. The van der Waals surface area contributed by atoms with Crippen molar-refractivity contribution in [1.82, 2.24) is 4.98 Å². The first-order valence-electron chi connectivity index (χ1n) is 9.00. The number of rotatable bonds is 5. The van der Waals surface area contributed by atoms with Crippen molar-refractivity contribution in [2.45, 2.75) is 20.3 Å². The van der Waals surface area contributed by atoms with Gasteiger partial charge in [0.25, 0.3) is 11.8 Å². The van der Waals surface area contributed by atoms with Crippen molar-refractivity contribution >= 4 is 23.2 Å². The summed E-state index contributed by atoms with van der Waals surface area (Å²) >= 11 is 0. The van der Waals surface area contributed by atoms with E-state index in [1.807, 2.05) is 32.0 Å². The summed E-state index contributed by atoms with van der Waals surface area (Å²) in [4.78, 5) is 29.0. The van der Waals surface area contributed by atoms with Crippen LogP contribution in [0.15, 0.2) is 54.9 Å². The molecule has 7 heteroatoms.